The van der Waals surface area contributed by atoms with Crippen LogP contribution in [-0.2, 0) is 10.0 Å². The molecule has 7 heteroatoms. The molecule has 20 heavy (non-hydrogen) atoms. The van der Waals surface area contributed by atoms with Gasteiger partial charge in [-0.05, 0) is 45.4 Å². The van der Waals surface area contributed by atoms with Crippen molar-refractivity contribution in [1.82, 2.24) is 4.90 Å². The number of hydrogen-bond donors (Lipinski definition) is 1. The monoisotopic (exact) mass is 302 g/mol. The Bertz CT molecular complexity index is 627. The van der Waals surface area contributed by atoms with E-state index in [2.05, 4.69) is 0 Å². The van der Waals surface area contributed by atoms with Gasteiger partial charge in [0.05, 0.1) is 4.90 Å². The molecule has 0 fully saturated rings. The first-order valence-corrected chi connectivity index (χ1v) is 7.78. The molecule has 0 saturated heterocycles. The number of primary sulfonamides is 1. The molecule has 0 aliphatic heterocycles. The highest BCUT2D eigenvalue weighted by Gasteiger charge is 2.24. The van der Waals surface area contributed by atoms with Gasteiger partial charge in [-0.25, -0.2) is 17.9 Å². The molecule has 0 saturated carbocycles. The van der Waals surface area contributed by atoms with Crippen LogP contribution in [0.5, 0.6) is 0 Å². The van der Waals surface area contributed by atoms with Gasteiger partial charge in [0.25, 0.3) is 5.91 Å². The van der Waals surface area contributed by atoms with Crippen molar-refractivity contribution in [2.24, 2.45) is 5.14 Å². The van der Waals surface area contributed by atoms with Gasteiger partial charge in [-0.3, -0.25) is 4.79 Å². The van der Waals surface area contributed by atoms with Crippen LogP contribution < -0.4 is 5.14 Å². The van der Waals surface area contributed by atoms with Crippen molar-refractivity contribution in [3.63, 3.8) is 0 Å². The van der Waals surface area contributed by atoms with Gasteiger partial charge < -0.3 is 4.90 Å². The van der Waals surface area contributed by atoms with Crippen LogP contribution in [0.4, 0.5) is 4.39 Å². The molecule has 1 aromatic rings. The van der Waals surface area contributed by atoms with Gasteiger partial charge in [-0.15, -0.1) is 0 Å². The van der Waals surface area contributed by atoms with E-state index in [9.17, 15) is 17.6 Å². The Morgan fingerprint density at radius 1 is 1.40 bits per heavy atom. The lowest BCUT2D eigenvalue weighted by molar-refractivity contribution is 0.0715. The van der Waals surface area contributed by atoms with E-state index < -0.39 is 21.7 Å². The second-order valence-corrected chi connectivity index (χ2v) is 6.34. The number of nitrogens with zero attached hydrogens (tertiary/aromatic N) is 1. The van der Waals surface area contributed by atoms with Gasteiger partial charge in [0.1, 0.15) is 5.82 Å². The number of halogens is 1. The van der Waals surface area contributed by atoms with E-state index >= 15 is 0 Å². The number of hydrogen-bond acceptors (Lipinski definition) is 3. The molecule has 0 aromatic heterocycles. The van der Waals surface area contributed by atoms with Crippen LogP contribution in [0, 0.1) is 12.7 Å². The molecule has 0 radical (unpaired) electrons. The predicted molar refractivity (Wildman–Crippen MR) is 74.4 cm³/mol. The van der Waals surface area contributed by atoms with E-state index in [4.69, 9.17) is 5.14 Å². The molecule has 2 N–H and O–H groups in total. The fourth-order valence-electron chi connectivity index (χ4n) is 2.07. The molecule has 0 atom stereocenters. The van der Waals surface area contributed by atoms with E-state index in [1.54, 1.807) is 6.92 Å². The van der Waals surface area contributed by atoms with E-state index in [0.29, 0.717) is 6.54 Å². The third kappa shape index (κ3) is 3.34. The quantitative estimate of drug-likeness (QED) is 0.918. The van der Waals surface area contributed by atoms with E-state index in [-0.39, 0.29) is 22.1 Å². The molecule has 0 aliphatic rings. The first kappa shape index (κ1) is 16.6. The third-order valence-corrected chi connectivity index (χ3v) is 4.12. The minimum absolute atomic E-state index is 0.0181. The second-order valence-electron chi connectivity index (χ2n) is 4.81. The zero-order chi connectivity index (χ0) is 15.7. The minimum atomic E-state index is -4.08. The smallest absolute Gasteiger partial charge is 0.254 e. The molecule has 0 aliphatic carbocycles. The standard InChI is InChI=1S/C13H19FN2O3S/c1-5-16(8(2)3)13(17)11-6-10(14)7-12(9(11)4)20(15,18)19/h6-8H,5H2,1-4H3,(H2,15,18,19). The number of carbonyl (C=O) groups excluding carboxylic acids is 1. The van der Waals surface area contributed by atoms with Crippen molar-refractivity contribution in [1.29, 1.82) is 0 Å². The molecule has 1 rings (SSSR count). The van der Waals surface area contributed by atoms with Gasteiger partial charge >= 0.3 is 0 Å². The lowest BCUT2D eigenvalue weighted by atomic mass is 10.1. The van der Waals surface area contributed by atoms with Crippen molar-refractivity contribution in [2.45, 2.75) is 38.6 Å². The molecule has 0 unspecified atom stereocenters. The Morgan fingerprint density at radius 3 is 2.35 bits per heavy atom. The van der Waals surface area contributed by atoms with Gasteiger partial charge in [0.2, 0.25) is 10.0 Å². The second kappa shape index (κ2) is 5.88. The van der Waals surface area contributed by atoms with Crippen LogP contribution >= 0.6 is 0 Å². The summed E-state index contributed by atoms with van der Waals surface area (Å²) < 4.78 is 36.5. The SMILES string of the molecule is CCN(C(=O)c1cc(F)cc(S(N)(=O)=O)c1C)C(C)C. The van der Waals surface area contributed by atoms with Crippen LogP contribution in [0.15, 0.2) is 17.0 Å². The average Bonchev–Trinajstić information content (AvgIpc) is 2.30. The van der Waals surface area contributed by atoms with Crippen molar-refractivity contribution >= 4 is 15.9 Å². The summed E-state index contributed by atoms with van der Waals surface area (Å²) in [6, 6.07) is 1.79. The lowest BCUT2D eigenvalue weighted by Gasteiger charge is -2.26. The Balaban J connectivity index is 3.47. The highest BCUT2D eigenvalue weighted by Crippen LogP contribution is 2.22. The van der Waals surface area contributed by atoms with Crippen molar-refractivity contribution in [2.75, 3.05) is 6.54 Å². The molecule has 5 nitrogen and oxygen atoms in total. The molecule has 0 heterocycles. The molecular formula is C13H19FN2O3S. The van der Waals surface area contributed by atoms with Gasteiger partial charge in [-0.2, -0.15) is 0 Å². The zero-order valence-electron chi connectivity index (χ0n) is 12.0. The third-order valence-electron chi connectivity index (χ3n) is 3.09. The highest BCUT2D eigenvalue weighted by atomic mass is 32.2. The van der Waals surface area contributed by atoms with Crippen LogP contribution in [0.3, 0.4) is 0 Å². The number of carbonyl (C=O) groups is 1. The highest BCUT2D eigenvalue weighted by molar-refractivity contribution is 7.89. The maximum atomic E-state index is 13.6. The number of rotatable bonds is 4. The van der Waals surface area contributed by atoms with Crippen LogP contribution in [0.1, 0.15) is 36.7 Å². The summed E-state index contributed by atoms with van der Waals surface area (Å²) in [5.41, 5.74) is 0.183. The number of nitrogens with two attached hydrogens (primary N) is 1. The summed E-state index contributed by atoms with van der Waals surface area (Å²) >= 11 is 0. The van der Waals surface area contributed by atoms with Gasteiger partial charge in [-0.1, -0.05) is 0 Å². The molecule has 1 amide bonds. The topological polar surface area (TPSA) is 80.5 Å². The van der Waals surface area contributed by atoms with Crippen LogP contribution in [0.2, 0.25) is 0 Å². The Kier molecular flexibility index (Phi) is 4.88. The number of benzene rings is 1. The zero-order valence-corrected chi connectivity index (χ0v) is 12.8. The lowest BCUT2D eigenvalue weighted by Crippen LogP contribution is -2.37. The molecule has 112 valence electrons. The maximum absolute atomic E-state index is 13.6. The summed E-state index contributed by atoms with van der Waals surface area (Å²) in [5.74, 6) is -1.22. The average molecular weight is 302 g/mol. The molecule has 0 bridgehead atoms. The molecule has 1 aromatic carbocycles. The normalized spacial score (nSPS) is 11.8. The van der Waals surface area contributed by atoms with E-state index in [1.165, 1.54) is 11.8 Å². The van der Waals surface area contributed by atoms with Crippen molar-refractivity contribution in [3.8, 4) is 0 Å². The van der Waals surface area contributed by atoms with Crippen molar-refractivity contribution < 1.29 is 17.6 Å². The molecule has 0 spiro atoms. The van der Waals surface area contributed by atoms with E-state index in [0.717, 1.165) is 12.1 Å². The fourth-order valence-corrected chi connectivity index (χ4v) is 2.88. The summed E-state index contributed by atoms with van der Waals surface area (Å²) in [6.07, 6.45) is 0. The van der Waals surface area contributed by atoms with Crippen LogP contribution in [-0.4, -0.2) is 31.8 Å². The summed E-state index contributed by atoms with van der Waals surface area (Å²) in [6.45, 7) is 7.35. The minimum Gasteiger partial charge on any atom is -0.336 e. The van der Waals surface area contributed by atoms with E-state index in [1.807, 2.05) is 13.8 Å². The summed E-state index contributed by atoms with van der Waals surface area (Å²) in [4.78, 5) is 13.6. The summed E-state index contributed by atoms with van der Waals surface area (Å²) in [5, 5.41) is 5.04. The first-order valence-electron chi connectivity index (χ1n) is 6.23. The Morgan fingerprint density at radius 2 is 1.95 bits per heavy atom. The summed E-state index contributed by atoms with van der Waals surface area (Å²) in [7, 11) is -4.08. The van der Waals surface area contributed by atoms with Crippen LogP contribution in [0.25, 0.3) is 0 Å². The van der Waals surface area contributed by atoms with Gasteiger partial charge in [0.15, 0.2) is 0 Å². The molecular weight excluding hydrogens is 283 g/mol. The Labute approximate surface area is 118 Å². The largest absolute Gasteiger partial charge is 0.336 e. The van der Waals surface area contributed by atoms with Gasteiger partial charge in [0, 0.05) is 18.2 Å². The number of amides is 1. The number of sulfonamides is 1. The fraction of sp³-hybridized carbons (Fsp3) is 0.462. The first-order chi connectivity index (χ1) is 9.09. The maximum Gasteiger partial charge on any atom is 0.254 e. The van der Waals surface area contributed by atoms with Crippen molar-refractivity contribution in [3.05, 3.63) is 29.1 Å². The predicted octanol–water partition coefficient (Wildman–Crippen LogP) is 1.65. The Hall–Kier alpha value is -1.47.